The monoisotopic (exact) mass is 368 g/mol. The van der Waals surface area contributed by atoms with Crippen molar-refractivity contribution in [3.05, 3.63) is 39.4 Å². The molecule has 0 spiro atoms. The van der Waals surface area contributed by atoms with Gasteiger partial charge in [-0.1, -0.05) is 0 Å². The molecule has 0 aliphatic heterocycles. The first-order chi connectivity index (χ1) is 6.00. The van der Waals surface area contributed by atoms with Crippen molar-refractivity contribution in [2.75, 3.05) is 0 Å². The van der Waals surface area contributed by atoms with Crippen molar-refractivity contribution in [1.29, 1.82) is 31.6 Å². The standard InChI is InChI=1S/6CN.Fe.4K/c6*1-2;;;;;/q;;;;;;;4*+1. The van der Waals surface area contributed by atoms with Crippen LogP contribution in [0, 0.1) is 71.0 Å². The van der Waals surface area contributed by atoms with Crippen LogP contribution in [0.1, 0.15) is 0 Å². The molecule has 6 nitrogen and oxygen atoms in total. The molecule has 0 bridgehead atoms. The van der Waals surface area contributed by atoms with Gasteiger partial charge in [-0.05, 0) is 0 Å². The fraction of sp³-hybridized carbons (Fsp3) is 0. The van der Waals surface area contributed by atoms with E-state index in [-0.39, 0.29) is 223 Å². The van der Waals surface area contributed by atoms with Crippen molar-refractivity contribution in [2.24, 2.45) is 0 Å². The third kappa shape index (κ3) is 404. The van der Waals surface area contributed by atoms with E-state index in [0.29, 0.717) is 0 Å². The molecule has 0 aliphatic carbocycles. The van der Waals surface area contributed by atoms with Crippen LogP contribution in [0.3, 0.4) is 0 Å². The summed E-state index contributed by atoms with van der Waals surface area (Å²) >= 11 is 0. The minimum atomic E-state index is 0. The Hall–Kier alpha value is 4.00. The Labute approximate surface area is 284 Å². The van der Waals surface area contributed by atoms with Crippen LogP contribution in [0.2, 0.25) is 0 Å². The van der Waals surface area contributed by atoms with E-state index < -0.39 is 0 Å². The van der Waals surface area contributed by atoms with Gasteiger partial charge in [0, 0.05) is 17.1 Å². The predicted molar refractivity (Wildman–Crippen MR) is 29.8 cm³/mol. The fourth-order valence-electron chi connectivity index (χ4n) is 0. The maximum Gasteiger partial charge on any atom is 1.00 e. The SMILES string of the molecule is [C]#N.[C]#N.[C]#N.[C]#N.[C]#N.[C]#N.[Fe].[K+].[K+].[K+].[K+]. The van der Waals surface area contributed by atoms with Crippen molar-refractivity contribution in [2.45, 2.75) is 0 Å². The molecule has 0 aliphatic rings. The van der Waals surface area contributed by atoms with E-state index in [1.165, 1.54) is 0 Å². The van der Waals surface area contributed by atoms with Gasteiger partial charge in [0.05, 0.1) is 0 Å². The molecule has 0 saturated carbocycles. The normalized spacial score (nSPS) is 0.706. The molecule has 0 N–H and O–H groups in total. The van der Waals surface area contributed by atoms with Gasteiger partial charge in [-0.25, -0.2) is 0 Å². The van der Waals surface area contributed by atoms with Crippen molar-refractivity contribution < 1.29 is 223 Å². The van der Waals surface area contributed by atoms with Gasteiger partial charge in [-0.2, -0.15) is 31.6 Å². The van der Waals surface area contributed by atoms with Gasteiger partial charge in [0.1, 0.15) is 0 Å². The zero-order valence-corrected chi connectivity index (χ0v) is 23.6. The van der Waals surface area contributed by atoms with Gasteiger partial charge in [-0.3, -0.25) is 0 Å². The second-order valence-electron chi connectivity index (χ2n) is 0. The smallest absolute Gasteiger partial charge is 0.181 e. The van der Waals surface area contributed by atoms with Crippen LogP contribution in [0.25, 0.3) is 0 Å². The molecule has 0 unspecified atom stereocenters. The van der Waals surface area contributed by atoms with E-state index in [1.807, 2.05) is 0 Å². The summed E-state index contributed by atoms with van der Waals surface area (Å²) in [5, 5.41) is 37.5. The molecule has 0 atom stereocenters. The Bertz CT molecular complexity index is 106. The Kier molecular flexibility index (Phi) is 2230. The fourth-order valence-corrected chi connectivity index (χ4v) is 0. The summed E-state index contributed by atoms with van der Waals surface area (Å²) in [6, 6.07) is 0. The van der Waals surface area contributed by atoms with Gasteiger partial charge in [0.15, 0.2) is 39.4 Å². The van der Waals surface area contributed by atoms with Gasteiger partial charge in [0.25, 0.3) is 0 Å². The molecule has 0 aromatic carbocycles. The summed E-state index contributed by atoms with van der Waals surface area (Å²) in [6.45, 7) is 28.5. The first-order valence-corrected chi connectivity index (χ1v) is 1.34. The van der Waals surface area contributed by atoms with Crippen LogP contribution in [0.4, 0.5) is 0 Å². The molecule has 62 valence electrons. The molecule has 0 amide bonds. The minimum Gasteiger partial charge on any atom is -0.181 e. The van der Waals surface area contributed by atoms with Gasteiger partial charge in [-0.15, -0.1) is 0 Å². The number of hydrogen-bond donors (Lipinski definition) is 0. The zero-order chi connectivity index (χ0) is 12.0. The molecule has 0 aromatic rings. The number of nitrogens with zero attached hydrogens (tertiary/aromatic N) is 6. The summed E-state index contributed by atoms with van der Waals surface area (Å²) in [4.78, 5) is 0. The van der Waals surface area contributed by atoms with Gasteiger partial charge >= 0.3 is 206 Å². The summed E-state index contributed by atoms with van der Waals surface area (Å²) in [5.74, 6) is 0. The van der Waals surface area contributed by atoms with Crippen LogP contribution in [-0.4, -0.2) is 0 Å². The maximum absolute atomic E-state index is 6.25. The van der Waals surface area contributed by atoms with E-state index in [0.717, 1.165) is 0 Å². The maximum atomic E-state index is 6.25. The van der Waals surface area contributed by atoms with Crippen LogP contribution >= 0.6 is 0 Å². The average Bonchev–Trinajstić information content (AvgIpc) is 2.33. The third-order valence-corrected chi connectivity index (χ3v) is 0. The second-order valence-corrected chi connectivity index (χ2v) is 0. The van der Waals surface area contributed by atoms with E-state index in [2.05, 4.69) is 0 Å². The largest absolute Gasteiger partial charge is 1.00 e. The first-order valence-electron chi connectivity index (χ1n) is 1.34. The van der Waals surface area contributed by atoms with Crippen molar-refractivity contribution >= 4 is 0 Å². The molecular weight excluding hydrogens is 368 g/mol. The first kappa shape index (κ1) is 84.0. The molecule has 6 radical (unpaired) electrons. The molecule has 11 heteroatoms. The second kappa shape index (κ2) is 450. The van der Waals surface area contributed by atoms with E-state index in [4.69, 9.17) is 71.0 Å². The summed E-state index contributed by atoms with van der Waals surface area (Å²) in [6.07, 6.45) is 0. The summed E-state index contributed by atoms with van der Waals surface area (Å²) in [7, 11) is 0. The molecule has 0 rings (SSSR count). The molecule has 0 heterocycles. The zero-order valence-electron chi connectivity index (χ0n) is 10.0. The quantitative estimate of drug-likeness (QED) is 0.389. The van der Waals surface area contributed by atoms with Crippen LogP contribution in [0.5, 0.6) is 0 Å². The number of hydrogen-bond acceptors (Lipinski definition) is 6. The Morgan fingerprint density at radius 1 is 0.294 bits per heavy atom. The third-order valence-electron chi connectivity index (χ3n) is 0. The van der Waals surface area contributed by atoms with E-state index >= 15 is 0 Å². The van der Waals surface area contributed by atoms with Crippen LogP contribution in [0.15, 0.2) is 0 Å². The van der Waals surface area contributed by atoms with Crippen molar-refractivity contribution in [3.8, 4) is 0 Å². The average molecular weight is 368 g/mol. The van der Waals surface area contributed by atoms with Crippen LogP contribution < -0.4 is 206 Å². The van der Waals surface area contributed by atoms with Crippen molar-refractivity contribution in [3.63, 3.8) is 0 Å². The van der Waals surface area contributed by atoms with Gasteiger partial charge < -0.3 is 0 Å². The summed E-state index contributed by atoms with van der Waals surface area (Å²) in [5.41, 5.74) is 0. The molecule has 0 fully saturated rings. The van der Waals surface area contributed by atoms with Crippen molar-refractivity contribution in [1.82, 2.24) is 0 Å². The van der Waals surface area contributed by atoms with Gasteiger partial charge in [0.2, 0.25) is 0 Å². The topological polar surface area (TPSA) is 143 Å². The predicted octanol–water partition coefficient (Wildman–Crippen LogP) is -11.4. The minimum absolute atomic E-state index is 0. The number of rotatable bonds is 0. The molecular formula is C6FeK4N6+4. The molecule has 17 heavy (non-hydrogen) atoms. The Morgan fingerprint density at radius 2 is 0.294 bits per heavy atom. The molecule has 0 saturated heterocycles. The van der Waals surface area contributed by atoms with Crippen LogP contribution in [-0.2, 0) is 17.1 Å². The Morgan fingerprint density at radius 3 is 0.294 bits per heavy atom. The Balaban J connectivity index is -0.00000000267. The van der Waals surface area contributed by atoms with E-state index in [1.54, 1.807) is 0 Å². The summed E-state index contributed by atoms with van der Waals surface area (Å²) < 4.78 is 0. The molecule has 0 aromatic heterocycles. The van der Waals surface area contributed by atoms with E-state index in [9.17, 15) is 0 Å².